The molecule has 2 nitrogen and oxygen atoms in total. The fourth-order valence-corrected chi connectivity index (χ4v) is 3.22. The van der Waals surface area contributed by atoms with Crippen molar-refractivity contribution in [2.24, 2.45) is 11.7 Å². The van der Waals surface area contributed by atoms with Gasteiger partial charge in [-0.2, -0.15) is 0 Å². The van der Waals surface area contributed by atoms with Gasteiger partial charge in [0.25, 0.3) is 0 Å². The third-order valence-corrected chi connectivity index (χ3v) is 4.29. The minimum Gasteiger partial charge on any atom is -0.487 e. The molecule has 0 bridgehead atoms. The maximum atomic E-state index is 6.29. The van der Waals surface area contributed by atoms with E-state index in [1.807, 2.05) is 12.1 Å². The Morgan fingerprint density at radius 2 is 2.24 bits per heavy atom. The summed E-state index contributed by atoms with van der Waals surface area (Å²) in [7, 11) is 0. The van der Waals surface area contributed by atoms with E-state index >= 15 is 0 Å². The average Bonchev–Trinajstić information content (AvgIpc) is 3.03. The summed E-state index contributed by atoms with van der Waals surface area (Å²) in [5.41, 5.74) is 7.35. The third kappa shape index (κ3) is 2.36. The van der Waals surface area contributed by atoms with Crippen LogP contribution in [0.5, 0.6) is 5.75 Å². The first-order valence-electron chi connectivity index (χ1n) is 6.30. The lowest BCUT2D eigenvalue weighted by atomic mass is 9.85. The summed E-state index contributed by atoms with van der Waals surface area (Å²) in [4.78, 5) is 0. The molecule has 1 heterocycles. The molecule has 1 unspecified atom stereocenters. The predicted octanol–water partition coefficient (Wildman–Crippen LogP) is 3.79. The average molecular weight is 296 g/mol. The summed E-state index contributed by atoms with van der Waals surface area (Å²) in [5, 5.41) is 0. The highest BCUT2D eigenvalue weighted by Gasteiger charge is 2.40. The maximum absolute atomic E-state index is 6.29. The molecule has 17 heavy (non-hydrogen) atoms. The Morgan fingerprint density at radius 1 is 1.47 bits per heavy atom. The molecule has 1 aliphatic carbocycles. The Morgan fingerprint density at radius 3 is 2.94 bits per heavy atom. The van der Waals surface area contributed by atoms with Crippen LogP contribution in [0, 0.1) is 5.92 Å². The van der Waals surface area contributed by atoms with E-state index in [-0.39, 0.29) is 11.6 Å². The van der Waals surface area contributed by atoms with E-state index in [1.54, 1.807) is 0 Å². The fourth-order valence-electron chi connectivity index (χ4n) is 2.84. The minimum absolute atomic E-state index is 0.0680. The van der Waals surface area contributed by atoms with E-state index in [0.29, 0.717) is 0 Å². The Hall–Kier alpha value is -0.540. The molecule has 2 N–H and O–H groups in total. The summed E-state index contributed by atoms with van der Waals surface area (Å²) in [6, 6.07) is 6.23. The lowest BCUT2D eigenvalue weighted by Gasteiger charge is -2.39. The van der Waals surface area contributed by atoms with Gasteiger partial charge < -0.3 is 10.5 Å². The topological polar surface area (TPSA) is 35.2 Å². The predicted molar refractivity (Wildman–Crippen MR) is 72.1 cm³/mol. The first-order valence-corrected chi connectivity index (χ1v) is 7.09. The van der Waals surface area contributed by atoms with Gasteiger partial charge in [-0.3, -0.25) is 0 Å². The van der Waals surface area contributed by atoms with E-state index in [4.69, 9.17) is 10.5 Å². The van der Waals surface area contributed by atoms with Crippen LogP contribution < -0.4 is 10.5 Å². The zero-order valence-electron chi connectivity index (χ0n) is 10.1. The molecule has 1 saturated carbocycles. The van der Waals surface area contributed by atoms with Crippen molar-refractivity contribution in [3.8, 4) is 5.75 Å². The number of nitrogens with two attached hydrogens (primary N) is 1. The Kier molecular flexibility index (Phi) is 2.71. The van der Waals surface area contributed by atoms with Crippen LogP contribution in [0.3, 0.4) is 0 Å². The smallest absolute Gasteiger partial charge is 0.124 e. The van der Waals surface area contributed by atoms with E-state index < -0.39 is 0 Å². The summed E-state index contributed by atoms with van der Waals surface area (Å²) < 4.78 is 7.27. The normalized spacial score (nSPS) is 31.8. The Labute approximate surface area is 111 Å². The van der Waals surface area contributed by atoms with E-state index in [0.717, 1.165) is 34.5 Å². The van der Waals surface area contributed by atoms with E-state index in [2.05, 4.69) is 28.9 Å². The second-order valence-corrected chi connectivity index (χ2v) is 6.61. The highest BCUT2D eigenvalue weighted by atomic mass is 79.9. The molecule has 0 aromatic heterocycles. The molecule has 92 valence electrons. The van der Waals surface area contributed by atoms with Gasteiger partial charge in [0.05, 0.1) is 0 Å². The molecule has 1 fully saturated rings. The molecule has 2 aliphatic rings. The van der Waals surface area contributed by atoms with Gasteiger partial charge in [0.15, 0.2) is 0 Å². The lowest BCUT2D eigenvalue weighted by molar-refractivity contribution is 0.0402. The van der Waals surface area contributed by atoms with E-state index in [1.165, 1.54) is 12.8 Å². The number of rotatable bonds is 2. The molecule has 0 amide bonds. The molecular formula is C14H18BrNO. The van der Waals surface area contributed by atoms with Crippen LogP contribution in [0.15, 0.2) is 22.7 Å². The molecule has 1 aliphatic heterocycles. The van der Waals surface area contributed by atoms with Crippen LogP contribution in [0.1, 0.15) is 44.2 Å². The van der Waals surface area contributed by atoms with Crippen LogP contribution in [0.4, 0.5) is 0 Å². The van der Waals surface area contributed by atoms with Crippen molar-refractivity contribution in [2.45, 2.75) is 44.2 Å². The fraction of sp³-hybridized carbons (Fsp3) is 0.571. The zero-order chi connectivity index (χ0) is 12.0. The summed E-state index contributed by atoms with van der Waals surface area (Å²) >= 11 is 3.49. The van der Waals surface area contributed by atoms with Crippen molar-refractivity contribution in [1.29, 1.82) is 0 Å². The molecule has 3 rings (SSSR count). The molecule has 0 radical (unpaired) electrons. The van der Waals surface area contributed by atoms with Gasteiger partial charge in [-0.25, -0.2) is 0 Å². The van der Waals surface area contributed by atoms with E-state index in [9.17, 15) is 0 Å². The highest BCUT2D eigenvalue weighted by Crippen LogP contribution is 2.46. The number of ether oxygens (including phenoxy) is 1. The van der Waals surface area contributed by atoms with Gasteiger partial charge in [0.1, 0.15) is 11.4 Å². The van der Waals surface area contributed by atoms with Gasteiger partial charge in [0.2, 0.25) is 0 Å². The molecule has 3 heteroatoms. The second-order valence-electron chi connectivity index (χ2n) is 5.69. The van der Waals surface area contributed by atoms with Crippen molar-refractivity contribution < 1.29 is 4.74 Å². The van der Waals surface area contributed by atoms with Gasteiger partial charge in [-0.1, -0.05) is 28.8 Å². The summed E-state index contributed by atoms with van der Waals surface area (Å²) in [6.45, 7) is 2.20. The standard InChI is InChI=1S/C14H18BrNO/c1-14(7-9-2-3-9)8-12(16)11-6-10(15)4-5-13(11)17-14/h4-6,9,12H,2-3,7-8,16H2,1H3/t12-,14?/m1/s1. The van der Waals surface area contributed by atoms with Crippen molar-refractivity contribution in [3.63, 3.8) is 0 Å². The van der Waals surface area contributed by atoms with Crippen LogP contribution in [0.25, 0.3) is 0 Å². The van der Waals surface area contributed by atoms with Gasteiger partial charge in [-0.05, 0) is 37.5 Å². The van der Waals surface area contributed by atoms with Crippen LogP contribution in [0.2, 0.25) is 0 Å². The maximum Gasteiger partial charge on any atom is 0.124 e. The largest absolute Gasteiger partial charge is 0.487 e. The number of benzene rings is 1. The summed E-state index contributed by atoms with van der Waals surface area (Å²) in [5.74, 6) is 1.83. The molecule has 2 atom stereocenters. The Bertz CT molecular complexity index is 444. The Balaban J connectivity index is 1.88. The van der Waals surface area contributed by atoms with Crippen LogP contribution >= 0.6 is 15.9 Å². The van der Waals surface area contributed by atoms with Crippen molar-refractivity contribution in [1.82, 2.24) is 0 Å². The number of hydrogen-bond acceptors (Lipinski definition) is 2. The number of hydrogen-bond donors (Lipinski definition) is 1. The van der Waals surface area contributed by atoms with Crippen molar-refractivity contribution in [3.05, 3.63) is 28.2 Å². The quantitative estimate of drug-likeness (QED) is 0.901. The zero-order valence-corrected chi connectivity index (χ0v) is 11.7. The lowest BCUT2D eigenvalue weighted by Crippen LogP contribution is -2.40. The van der Waals surface area contributed by atoms with Gasteiger partial charge >= 0.3 is 0 Å². The number of fused-ring (bicyclic) bond motifs is 1. The minimum atomic E-state index is -0.0680. The molecule has 1 aromatic carbocycles. The highest BCUT2D eigenvalue weighted by molar-refractivity contribution is 9.10. The molecular weight excluding hydrogens is 278 g/mol. The van der Waals surface area contributed by atoms with Crippen molar-refractivity contribution in [2.75, 3.05) is 0 Å². The van der Waals surface area contributed by atoms with Gasteiger partial charge in [-0.15, -0.1) is 0 Å². The monoisotopic (exact) mass is 295 g/mol. The number of halogens is 1. The van der Waals surface area contributed by atoms with Gasteiger partial charge in [0, 0.05) is 22.5 Å². The first-order chi connectivity index (χ1) is 8.06. The molecule has 0 spiro atoms. The molecule has 0 saturated heterocycles. The second kappa shape index (κ2) is 3.99. The SMILES string of the molecule is CC1(CC2CC2)C[C@@H](N)c2cc(Br)ccc2O1. The molecule has 1 aromatic rings. The first kappa shape index (κ1) is 11.5. The van der Waals surface area contributed by atoms with Crippen molar-refractivity contribution >= 4 is 15.9 Å². The van der Waals surface area contributed by atoms with Crippen LogP contribution in [-0.2, 0) is 0 Å². The summed E-state index contributed by atoms with van der Waals surface area (Å²) in [6.07, 6.45) is 4.80. The van der Waals surface area contributed by atoms with Crippen LogP contribution in [-0.4, -0.2) is 5.60 Å². The third-order valence-electron chi connectivity index (χ3n) is 3.80.